The fourth-order valence-electron chi connectivity index (χ4n) is 5.88. The number of fused-ring (bicyclic) bond motifs is 2. The Morgan fingerprint density at radius 1 is 0.909 bits per heavy atom. The van der Waals surface area contributed by atoms with Gasteiger partial charge in [0.05, 0.1) is 12.4 Å². The van der Waals surface area contributed by atoms with E-state index >= 15 is 0 Å². The van der Waals surface area contributed by atoms with Crippen LogP contribution in [-0.4, -0.2) is 49.4 Å². The lowest BCUT2D eigenvalue weighted by Gasteiger charge is -2.51. The molecule has 0 bridgehead atoms. The van der Waals surface area contributed by atoms with E-state index in [0.717, 1.165) is 18.5 Å². The molecule has 0 radical (unpaired) electrons. The van der Waals surface area contributed by atoms with E-state index in [1.807, 2.05) is 6.33 Å². The molecule has 0 unspecified atom stereocenters. The molecule has 1 saturated heterocycles. The standard InChI is InChI=1S/C23H39ClN4O3Si2/c1-14(2)32(15(3)4)29-11-18-9-19(28-13-27-21-22(24)25-12-26-23(21)28)10-20(18)30-33(31-32,16(5)6)17(7)8/h12-20H,9-11H2,1-8H3/t18-,19-,20+/m1/s1. The molecule has 2 aromatic rings. The number of hydrogen-bond donors (Lipinski definition) is 0. The highest BCUT2D eigenvalue weighted by Crippen LogP contribution is 2.50. The van der Waals surface area contributed by atoms with Crippen molar-refractivity contribution in [2.24, 2.45) is 5.92 Å². The minimum atomic E-state index is -2.58. The molecule has 4 rings (SSSR count). The molecule has 1 aliphatic heterocycles. The highest BCUT2D eigenvalue weighted by Gasteiger charge is 2.59. The van der Waals surface area contributed by atoms with Crippen LogP contribution in [0.2, 0.25) is 27.3 Å². The van der Waals surface area contributed by atoms with Crippen LogP contribution in [0.3, 0.4) is 0 Å². The second-order valence-corrected chi connectivity index (χ2v) is 20.2. The molecule has 1 saturated carbocycles. The molecule has 0 amide bonds. The van der Waals surface area contributed by atoms with Gasteiger partial charge in [0.25, 0.3) is 0 Å². The van der Waals surface area contributed by atoms with Crippen LogP contribution < -0.4 is 0 Å². The first-order chi connectivity index (χ1) is 15.5. The molecule has 0 spiro atoms. The average Bonchev–Trinajstić information content (AvgIpc) is 3.32. The predicted octanol–water partition coefficient (Wildman–Crippen LogP) is 6.39. The number of halogens is 1. The lowest BCUT2D eigenvalue weighted by Crippen LogP contribution is -2.64. The lowest BCUT2D eigenvalue weighted by atomic mass is 10.1. The van der Waals surface area contributed by atoms with Gasteiger partial charge in [-0.05, 0) is 35.0 Å². The molecule has 0 aromatic carbocycles. The van der Waals surface area contributed by atoms with Crippen LogP contribution in [0, 0.1) is 5.92 Å². The molecular formula is C23H39ClN4O3Si2. The summed E-state index contributed by atoms with van der Waals surface area (Å²) in [5.41, 5.74) is 2.83. The highest BCUT2D eigenvalue weighted by atomic mass is 35.5. The molecule has 184 valence electrons. The van der Waals surface area contributed by atoms with Gasteiger partial charge in [0, 0.05) is 18.6 Å². The summed E-state index contributed by atoms with van der Waals surface area (Å²) in [6.45, 7) is 18.9. The fraction of sp³-hybridized carbons (Fsp3) is 0.783. The lowest BCUT2D eigenvalue weighted by molar-refractivity contribution is 0.0367. The van der Waals surface area contributed by atoms with Gasteiger partial charge in [-0.15, -0.1) is 0 Å². The molecule has 7 nitrogen and oxygen atoms in total. The van der Waals surface area contributed by atoms with E-state index < -0.39 is 17.1 Å². The van der Waals surface area contributed by atoms with Gasteiger partial charge in [-0.3, -0.25) is 0 Å². The van der Waals surface area contributed by atoms with Gasteiger partial charge < -0.3 is 17.5 Å². The Labute approximate surface area is 205 Å². The van der Waals surface area contributed by atoms with Crippen LogP contribution >= 0.6 is 11.6 Å². The number of nitrogens with zero attached hydrogens (tertiary/aromatic N) is 4. The third-order valence-electron chi connectivity index (χ3n) is 7.71. The van der Waals surface area contributed by atoms with Crippen molar-refractivity contribution in [3.05, 3.63) is 17.8 Å². The molecule has 10 heteroatoms. The summed E-state index contributed by atoms with van der Waals surface area (Å²) in [4.78, 5) is 13.1. The molecule has 0 N–H and O–H groups in total. The Morgan fingerprint density at radius 3 is 2.15 bits per heavy atom. The van der Waals surface area contributed by atoms with E-state index in [1.54, 1.807) is 0 Å². The van der Waals surface area contributed by atoms with Crippen molar-refractivity contribution in [2.75, 3.05) is 6.61 Å². The Balaban J connectivity index is 1.72. The van der Waals surface area contributed by atoms with Crippen LogP contribution in [0.4, 0.5) is 0 Å². The quantitative estimate of drug-likeness (QED) is 0.343. The molecule has 1 aliphatic carbocycles. The van der Waals surface area contributed by atoms with Crippen molar-refractivity contribution in [3.8, 4) is 0 Å². The van der Waals surface area contributed by atoms with Crippen LogP contribution in [0.5, 0.6) is 0 Å². The zero-order chi connectivity index (χ0) is 24.1. The monoisotopic (exact) mass is 510 g/mol. The minimum Gasteiger partial charge on any atom is -0.414 e. The zero-order valence-electron chi connectivity index (χ0n) is 21.2. The Hall–Kier alpha value is -0.846. The van der Waals surface area contributed by atoms with Crippen LogP contribution in [0.25, 0.3) is 11.2 Å². The summed E-state index contributed by atoms with van der Waals surface area (Å²) < 4.78 is 23.6. The molecule has 2 aromatic heterocycles. The average molecular weight is 511 g/mol. The molecule has 2 aliphatic rings. The number of aromatic nitrogens is 4. The maximum absolute atomic E-state index is 7.31. The smallest absolute Gasteiger partial charge is 0.334 e. The molecule has 3 heterocycles. The Morgan fingerprint density at radius 2 is 1.55 bits per heavy atom. The molecule has 2 fully saturated rings. The third kappa shape index (κ3) is 4.23. The fourth-order valence-corrected chi connectivity index (χ4v) is 17.4. The van der Waals surface area contributed by atoms with Crippen molar-refractivity contribution in [1.29, 1.82) is 0 Å². The number of imidazole rings is 1. The van der Waals surface area contributed by atoms with E-state index in [2.05, 4.69) is 74.9 Å². The summed E-state index contributed by atoms with van der Waals surface area (Å²) in [6.07, 6.45) is 5.33. The van der Waals surface area contributed by atoms with E-state index in [4.69, 9.17) is 24.6 Å². The summed E-state index contributed by atoms with van der Waals surface area (Å²) in [6, 6.07) is 0.234. The second-order valence-electron chi connectivity index (χ2n) is 11.0. The van der Waals surface area contributed by atoms with Crippen molar-refractivity contribution in [1.82, 2.24) is 19.5 Å². The molecule has 3 atom stereocenters. The molecular weight excluding hydrogens is 472 g/mol. The third-order valence-corrected chi connectivity index (χ3v) is 18.3. The topological polar surface area (TPSA) is 71.3 Å². The number of rotatable bonds is 5. The highest BCUT2D eigenvalue weighted by molar-refractivity contribution is 6.83. The van der Waals surface area contributed by atoms with Crippen LogP contribution in [0.1, 0.15) is 74.3 Å². The Bertz CT molecular complexity index is 968. The first-order valence-electron chi connectivity index (χ1n) is 12.4. The maximum atomic E-state index is 7.31. The predicted molar refractivity (Wildman–Crippen MR) is 136 cm³/mol. The van der Waals surface area contributed by atoms with E-state index in [1.165, 1.54) is 6.33 Å². The van der Waals surface area contributed by atoms with Gasteiger partial charge in [0.2, 0.25) is 0 Å². The SMILES string of the molecule is CC(C)[Si]1(C(C)C)OC[C@H]2C[C@@H](n3cnc4c(Cl)ncnc43)C[C@@H]2O[Si](C(C)C)(C(C)C)O1. The summed E-state index contributed by atoms with van der Waals surface area (Å²) in [5, 5.41) is 0.395. The van der Waals surface area contributed by atoms with Gasteiger partial charge in [0.15, 0.2) is 10.8 Å². The first kappa shape index (κ1) is 25.3. The van der Waals surface area contributed by atoms with Gasteiger partial charge in [-0.25, -0.2) is 15.0 Å². The zero-order valence-corrected chi connectivity index (χ0v) is 24.0. The largest absolute Gasteiger partial charge is 0.414 e. The van der Waals surface area contributed by atoms with Gasteiger partial charge >= 0.3 is 17.1 Å². The summed E-state index contributed by atoms with van der Waals surface area (Å²) in [7, 11) is -5.08. The van der Waals surface area contributed by atoms with E-state index in [-0.39, 0.29) is 12.1 Å². The summed E-state index contributed by atoms with van der Waals surface area (Å²) in [5.74, 6) is 0.322. The van der Waals surface area contributed by atoms with Crippen LogP contribution in [-0.2, 0) is 13.0 Å². The van der Waals surface area contributed by atoms with Gasteiger partial charge in [-0.1, -0.05) is 67.0 Å². The minimum absolute atomic E-state index is 0.104. The first-order valence-corrected chi connectivity index (χ1v) is 16.7. The van der Waals surface area contributed by atoms with Gasteiger partial charge in [0.1, 0.15) is 11.8 Å². The van der Waals surface area contributed by atoms with Crippen LogP contribution in [0.15, 0.2) is 12.7 Å². The van der Waals surface area contributed by atoms with Crippen molar-refractivity contribution < 1.29 is 13.0 Å². The van der Waals surface area contributed by atoms with Crippen molar-refractivity contribution in [3.63, 3.8) is 0 Å². The van der Waals surface area contributed by atoms with Gasteiger partial charge in [-0.2, -0.15) is 0 Å². The summed E-state index contributed by atoms with van der Waals surface area (Å²) >= 11 is 6.26. The van der Waals surface area contributed by atoms with E-state index in [0.29, 0.717) is 45.4 Å². The van der Waals surface area contributed by atoms with Crippen molar-refractivity contribution in [2.45, 2.75) is 103 Å². The maximum Gasteiger partial charge on any atom is 0.334 e. The van der Waals surface area contributed by atoms with Crippen molar-refractivity contribution >= 4 is 39.9 Å². The normalized spacial score (nSPS) is 27.5. The molecule has 33 heavy (non-hydrogen) atoms. The second kappa shape index (κ2) is 9.31. The number of hydrogen-bond acceptors (Lipinski definition) is 6. The Kier molecular flexibility index (Phi) is 7.13. The van der Waals surface area contributed by atoms with E-state index in [9.17, 15) is 0 Å².